The van der Waals surface area contributed by atoms with Gasteiger partial charge in [-0.25, -0.2) is 14.4 Å². The van der Waals surface area contributed by atoms with Gasteiger partial charge in [0.05, 0.1) is 13.7 Å². The summed E-state index contributed by atoms with van der Waals surface area (Å²) in [5, 5.41) is 4.45. The quantitative estimate of drug-likeness (QED) is 0.552. The molecule has 0 atom stereocenters. The fraction of sp³-hybridized carbons (Fsp3) is 0.524. The molecule has 1 saturated heterocycles. The van der Waals surface area contributed by atoms with E-state index in [-0.39, 0.29) is 11.6 Å². The molecule has 1 aliphatic heterocycles. The Bertz CT molecular complexity index is 817. The minimum Gasteiger partial charge on any atom is -0.494 e. The number of nitrogens with zero attached hydrogens (tertiary/aromatic N) is 4. The van der Waals surface area contributed by atoms with E-state index in [9.17, 15) is 4.39 Å². The molecule has 6 nitrogen and oxygen atoms in total. The van der Waals surface area contributed by atoms with Crippen LogP contribution in [0.15, 0.2) is 29.4 Å². The molecule has 1 aromatic heterocycles. The second-order valence-electron chi connectivity index (χ2n) is 6.98. The molecule has 3 rings (SSSR count). The minimum absolute atomic E-state index is 0.288. The van der Waals surface area contributed by atoms with Crippen molar-refractivity contribution in [3.8, 4) is 5.75 Å². The lowest BCUT2D eigenvalue weighted by Gasteiger charge is -2.36. The molecule has 1 N–H and O–H groups in total. The number of aromatic nitrogens is 1. The summed E-state index contributed by atoms with van der Waals surface area (Å²) in [5.74, 6) is 0.922. The van der Waals surface area contributed by atoms with Crippen molar-refractivity contribution in [1.29, 1.82) is 0 Å². The lowest BCUT2D eigenvalue weighted by atomic mass is 10.2. The van der Waals surface area contributed by atoms with Crippen LogP contribution in [0.1, 0.15) is 29.3 Å². The van der Waals surface area contributed by atoms with Crippen molar-refractivity contribution in [2.24, 2.45) is 4.99 Å². The molecule has 1 fully saturated rings. The molecule has 0 spiro atoms. The van der Waals surface area contributed by atoms with Crippen molar-refractivity contribution < 1.29 is 9.13 Å². The van der Waals surface area contributed by atoms with Crippen molar-refractivity contribution >= 4 is 17.3 Å². The number of benzene rings is 1. The van der Waals surface area contributed by atoms with Crippen LogP contribution in [0.5, 0.6) is 5.75 Å². The Kier molecular flexibility index (Phi) is 7.83. The van der Waals surface area contributed by atoms with Crippen LogP contribution in [0, 0.1) is 5.82 Å². The van der Waals surface area contributed by atoms with Crippen LogP contribution in [0.25, 0.3) is 0 Å². The van der Waals surface area contributed by atoms with Crippen LogP contribution in [0.4, 0.5) is 4.39 Å². The predicted molar refractivity (Wildman–Crippen MR) is 116 cm³/mol. The number of halogens is 1. The zero-order valence-corrected chi connectivity index (χ0v) is 18.3. The summed E-state index contributed by atoms with van der Waals surface area (Å²) in [5.41, 5.74) is 0.966. The van der Waals surface area contributed by atoms with E-state index in [1.807, 2.05) is 12.3 Å². The summed E-state index contributed by atoms with van der Waals surface area (Å²) >= 11 is 1.73. The maximum Gasteiger partial charge on any atom is 0.194 e. The Morgan fingerprint density at radius 1 is 1.28 bits per heavy atom. The van der Waals surface area contributed by atoms with Gasteiger partial charge < -0.3 is 15.0 Å². The number of guanidine groups is 1. The third-order valence-electron chi connectivity index (χ3n) is 4.94. The monoisotopic (exact) mass is 419 g/mol. The molecule has 0 unspecified atom stereocenters. The highest BCUT2D eigenvalue weighted by Gasteiger charge is 2.20. The number of nitrogens with one attached hydrogen (secondary N) is 1. The topological polar surface area (TPSA) is 53.0 Å². The van der Waals surface area contributed by atoms with Crippen LogP contribution >= 0.6 is 11.3 Å². The molecule has 1 aliphatic rings. The first kappa shape index (κ1) is 21.5. The van der Waals surface area contributed by atoms with Crippen molar-refractivity contribution in [3.05, 3.63) is 45.7 Å². The van der Waals surface area contributed by atoms with Crippen LogP contribution in [0.3, 0.4) is 0 Å². The van der Waals surface area contributed by atoms with Gasteiger partial charge in [-0.2, -0.15) is 0 Å². The van der Waals surface area contributed by atoms with Crippen LogP contribution in [0.2, 0.25) is 0 Å². The van der Waals surface area contributed by atoms with Crippen molar-refractivity contribution in [1.82, 2.24) is 20.1 Å². The van der Waals surface area contributed by atoms with E-state index in [2.05, 4.69) is 33.9 Å². The number of aryl methyl sites for hydroxylation is 1. The highest BCUT2D eigenvalue weighted by molar-refractivity contribution is 7.11. The highest BCUT2D eigenvalue weighted by Crippen LogP contribution is 2.19. The van der Waals surface area contributed by atoms with E-state index in [4.69, 9.17) is 9.73 Å². The Morgan fingerprint density at radius 2 is 2.07 bits per heavy atom. The average Bonchev–Trinajstić information content (AvgIpc) is 3.20. The van der Waals surface area contributed by atoms with E-state index in [0.717, 1.165) is 62.2 Å². The standard InChI is InChI=1S/C21H30FN5OS/c1-4-17-13-24-20(29-17)14-25-21(23-5-2)27-10-8-26(9-11-27)15-16-6-7-19(28-3)18(22)12-16/h6-7,12-13H,4-5,8-11,14-15H2,1-3H3,(H,23,25). The van der Waals surface area contributed by atoms with Gasteiger partial charge in [-0.05, 0) is 31.0 Å². The molecule has 29 heavy (non-hydrogen) atoms. The Hall–Kier alpha value is -2.19. The predicted octanol–water partition coefficient (Wildman–Crippen LogP) is 3.14. The van der Waals surface area contributed by atoms with E-state index in [0.29, 0.717) is 6.54 Å². The molecule has 1 aromatic carbocycles. The second kappa shape index (κ2) is 10.5. The largest absolute Gasteiger partial charge is 0.494 e. The molecule has 0 radical (unpaired) electrons. The maximum absolute atomic E-state index is 13.9. The fourth-order valence-corrected chi connectivity index (χ4v) is 4.12. The summed E-state index contributed by atoms with van der Waals surface area (Å²) in [6.45, 7) is 10.0. The van der Waals surface area contributed by atoms with Crippen molar-refractivity contribution in [2.75, 3.05) is 39.8 Å². The Labute approximate surface area is 176 Å². The smallest absolute Gasteiger partial charge is 0.194 e. The number of methoxy groups -OCH3 is 1. The highest BCUT2D eigenvalue weighted by atomic mass is 32.1. The lowest BCUT2D eigenvalue weighted by molar-refractivity contribution is 0.172. The minimum atomic E-state index is -0.307. The third-order valence-corrected chi connectivity index (χ3v) is 6.07. The van der Waals surface area contributed by atoms with Gasteiger partial charge in [0.1, 0.15) is 5.01 Å². The summed E-state index contributed by atoms with van der Waals surface area (Å²) in [7, 11) is 1.48. The molecule has 0 saturated carbocycles. The number of piperazine rings is 1. The molecular formula is C21H30FN5OS. The van der Waals surface area contributed by atoms with E-state index in [1.165, 1.54) is 12.0 Å². The third kappa shape index (κ3) is 5.90. The second-order valence-corrected chi connectivity index (χ2v) is 8.18. The van der Waals surface area contributed by atoms with Gasteiger partial charge >= 0.3 is 0 Å². The molecular weight excluding hydrogens is 389 g/mol. The summed E-state index contributed by atoms with van der Waals surface area (Å²) < 4.78 is 18.9. The van der Waals surface area contributed by atoms with E-state index < -0.39 is 0 Å². The van der Waals surface area contributed by atoms with Gasteiger partial charge in [0.2, 0.25) is 0 Å². The number of rotatable bonds is 7. The number of hydrogen-bond acceptors (Lipinski definition) is 5. The number of hydrogen-bond donors (Lipinski definition) is 1. The fourth-order valence-electron chi connectivity index (χ4n) is 3.34. The van der Waals surface area contributed by atoms with Gasteiger partial charge in [0, 0.05) is 50.3 Å². The van der Waals surface area contributed by atoms with E-state index in [1.54, 1.807) is 23.5 Å². The van der Waals surface area contributed by atoms with Crippen molar-refractivity contribution in [2.45, 2.75) is 33.4 Å². The zero-order chi connectivity index (χ0) is 20.6. The molecule has 0 amide bonds. The molecule has 158 valence electrons. The first-order chi connectivity index (χ1) is 14.1. The summed E-state index contributed by atoms with van der Waals surface area (Å²) in [6, 6.07) is 5.19. The number of ether oxygens (including phenoxy) is 1. The normalized spacial score (nSPS) is 15.6. The van der Waals surface area contributed by atoms with Gasteiger partial charge in [-0.1, -0.05) is 13.0 Å². The molecule has 2 heterocycles. The Balaban J connectivity index is 1.55. The molecule has 2 aromatic rings. The molecule has 0 aliphatic carbocycles. The van der Waals surface area contributed by atoms with Gasteiger partial charge in [-0.3, -0.25) is 4.90 Å². The zero-order valence-electron chi connectivity index (χ0n) is 17.4. The summed E-state index contributed by atoms with van der Waals surface area (Å²) in [6.07, 6.45) is 2.96. The maximum atomic E-state index is 13.9. The lowest BCUT2D eigenvalue weighted by Crippen LogP contribution is -2.52. The number of thiazole rings is 1. The van der Waals surface area contributed by atoms with Crippen LogP contribution in [-0.4, -0.2) is 60.6 Å². The SMILES string of the molecule is CCNC(=NCc1ncc(CC)s1)N1CCN(Cc2ccc(OC)c(F)c2)CC1. The molecule has 8 heteroatoms. The van der Waals surface area contributed by atoms with Crippen LogP contribution in [-0.2, 0) is 19.5 Å². The first-order valence-electron chi connectivity index (χ1n) is 10.1. The van der Waals surface area contributed by atoms with Crippen molar-refractivity contribution in [3.63, 3.8) is 0 Å². The average molecular weight is 420 g/mol. The first-order valence-corrected chi connectivity index (χ1v) is 11.0. The van der Waals surface area contributed by atoms with Gasteiger partial charge in [0.15, 0.2) is 17.5 Å². The van der Waals surface area contributed by atoms with Gasteiger partial charge in [0.25, 0.3) is 0 Å². The Morgan fingerprint density at radius 3 is 2.69 bits per heavy atom. The van der Waals surface area contributed by atoms with Gasteiger partial charge in [-0.15, -0.1) is 11.3 Å². The number of aliphatic imine (C=N–C) groups is 1. The molecule has 0 bridgehead atoms. The van der Waals surface area contributed by atoms with Crippen LogP contribution < -0.4 is 10.1 Å². The summed E-state index contributed by atoms with van der Waals surface area (Å²) in [4.78, 5) is 15.2. The van der Waals surface area contributed by atoms with E-state index >= 15 is 0 Å².